The molecule has 0 atom stereocenters. The molecule has 0 fully saturated rings. The Hall–Kier alpha value is -3.53. The van der Waals surface area contributed by atoms with Crippen molar-refractivity contribution in [1.29, 1.82) is 0 Å². The van der Waals surface area contributed by atoms with Crippen LogP contribution >= 0.6 is 0 Å². The number of hydrogen-bond acceptors (Lipinski definition) is 7. The van der Waals surface area contributed by atoms with E-state index in [0.29, 0.717) is 28.3 Å². The molecule has 0 unspecified atom stereocenters. The second-order valence-electron chi connectivity index (χ2n) is 8.75. The van der Waals surface area contributed by atoms with Crippen molar-refractivity contribution in [2.24, 2.45) is 0 Å². The molecule has 4 aromatic rings. The number of aromatic nitrogens is 2. The van der Waals surface area contributed by atoms with E-state index in [9.17, 15) is 18.6 Å². The van der Waals surface area contributed by atoms with Crippen molar-refractivity contribution in [2.75, 3.05) is 11.9 Å². The number of nitrogens with zero attached hydrogens (tertiary/aromatic N) is 2. The van der Waals surface area contributed by atoms with Gasteiger partial charge in [-0.15, -0.1) is 10.2 Å². The van der Waals surface area contributed by atoms with Gasteiger partial charge in [-0.3, -0.25) is 0 Å². The molecular weight excluding hydrogens is 464 g/mol. The number of aliphatic hydroxyl groups is 1. The zero-order valence-corrected chi connectivity index (χ0v) is 19.9. The lowest BCUT2D eigenvalue weighted by atomic mass is 10.0. The van der Waals surface area contributed by atoms with Gasteiger partial charge in [0.1, 0.15) is 11.4 Å². The predicted octanol–water partition coefficient (Wildman–Crippen LogP) is 4.74. The first-order valence-corrected chi connectivity index (χ1v) is 12.2. The van der Waals surface area contributed by atoms with Gasteiger partial charge in [-0.05, 0) is 44.5 Å². The van der Waals surface area contributed by atoms with Gasteiger partial charge in [0.2, 0.25) is 10.0 Å². The number of anilines is 2. The Morgan fingerprint density at radius 2 is 1.66 bits per heavy atom. The van der Waals surface area contributed by atoms with Gasteiger partial charge in [-0.2, -0.15) is 0 Å². The number of fused-ring (bicyclic) bond motifs is 1. The Morgan fingerprint density at radius 3 is 2.34 bits per heavy atom. The highest BCUT2D eigenvalue weighted by atomic mass is 32.2. The summed E-state index contributed by atoms with van der Waals surface area (Å²) in [4.78, 5) is 0.111. The maximum absolute atomic E-state index is 13.1. The number of aromatic hydroxyl groups is 1. The molecule has 4 N–H and O–H groups in total. The molecule has 1 heterocycles. The summed E-state index contributed by atoms with van der Waals surface area (Å²) in [7, 11) is -3.89. The first kappa shape index (κ1) is 26.1. The number of phenolic OH excluding ortho intramolecular Hbond substituents is 1. The highest BCUT2D eigenvalue weighted by Crippen LogP contribution is 2.33. The molecule has 0 amide bonds. The third-order valence-electron chi connectivity index (χ3n) is 5.35. The van der Waals surface area contributed by atoms with E-state index in [4.69, 9.17) is 0 Å². The molecule has 8 nitrogen and oxygen atoms in total. The summed E-state index contributed by atoms with van der Waals surface area (Å²) in [6, 6.07) is 19.4. The third-order valence-corrected chi connectivity index (χ3v) is 7.19. The number of sulfonamides is 1. The normalized spacial score (nSPS) is 11.8. The molecule has 1 aromatic heterocycles. The number of hydrogen-bond donors (Lipinski definition) is 4. The quantitative estimate of drug-likeness (QED) is 0.292. The largest absolute Gasteiger partial charge is 0.508 e. The molecule has 184 valence electrons. The van der Waals surface area contributed by atoms with E-state index in [2.05, 4.69) is 20.2 Å². The molecule has 0 aliphatic heterocycles. The molecule has 0 saturated carbocycles. The van der Waals surface area contributed by atoms with Gasteiger partial charge in [0, 0.05) is 28.1 Å². The van der Waals surface area contributed by atoms with Crippen molar-refractivity contribution in [2.45, 2.75) is 38.6 Å². The van der Waals surface area contributed by atoms with Crippen molar-refractivity contribution >= 4 is 32.3 Å². The Kier molecular flexibility index (Phi) is 7.44. The number of aryl methyl sites for hydroxylation is 1. The SMILES string of the molecule is C.Cc1ccc(-c2nnc(Nc3cccc(O)c3)c3ccccc23)cc1S(=O)(=O)NC(C)(C)CO. The summed E-state index contributed by atoms with van der Waals surface area (Å²) >= 11 is 0. The minimum Gasteiger partial charge on any atom is -0.508 e. The number of nitrogens with one attached hydrogen (secondary N) is 2. The first-order chi connectivity index (χ1) is 16.1. The summed E-state index contributed by atoms with van der Waals surface area (Å²) in [5.41, 5.74) is 1.36. The van der Waals surface area contributed by atoms with Crippen LogP contribution < -0.4 is 10.0 Å². The molecule has 0 radical (unpaired) electrons. The molecule has 3 aromatic carbocycles. The second-order valence-corrected chi connectivity index (χ2v) is 10.4. The molecule has 0 spiro atoms. The summed E-state index contributed by atoms with van der Waals surface area (Å²) in [6.07, 6.45) is 0. The van der Waals surface area contributed by atoms with Crippen LogP contribution in [0.4, 0.5) is 11.5 Å². The monoisotopic (exact) mass is 494 g/mol. The minimum absolute atomic E-state index is 0. The summed E-state index contributed by atoms with van der Waals surface area (Å²) in [5, 5.41) is 32.8. The van der Waals surface area contributed by atoms with Crippen molar-refractivity contribution in [3.05, 3.63) is 72.3 Å². The third kappa shape index (κ3) is 5.59. The molecule has 4 rings (SSSR count). The van der Waals surface area contributed by atoms with Crippen LogP contribution in [0.15, 0.2) is 71.6 Å². The lowest BCUT2D eigenvalue weighted by Crippen LogP contribution is -2.46. The molecule has 35 heavy (non-hydrogen) atoms. The van der Waals surface area contributed by atoms with Gasteiger partial charge in [0.25, 0.3) is 0 Å². The Bertz CT molecular complexity index is 1470. The van der Waals surface area contributed by atoms with E-state index in [-0.39, 0.29) is 24.7 Å². The van der Waals surface area contributed by atoms with Gasteiger partial charge < -0.3 is 15.5 Å². The van der Waals surface area contributed by atoms with E-state index in [1.54, 1.807) is 51.1 Å². The highest BCUT2D eigenvalue weighted by molar-refractivity contribution is 7.89. The van der Waals surface area contributed by atoms with Crippen LogP contribution in [0.5, 0.6) is 5.75 Å². The van der Waals surface area contributed by atoms with Gasteiger partial charge in [-0.1, -0.05) is 49.9 Å². The topological polar surface area (TPSA) is 124 Å². The number of rotatable bonds is 7. The predicted molar refractivity (Wildman–Crippen MR) is 139 cm³/mol. The smallest absolute Gasteiger partial charge is 0.241 e. The van der Waals surface area contributed by atoms with Crippen LogP contribution in [0.1, 0.15) is 26.8 Å². The van der Waals surface area contributed by atoms with Gasteiger partial charge >= 0.3 is 0 Å². The molecular formula is C26H30N4O4S. The zero-order valence-electron chi connectivity index (χ0n) is 19.1. The standard InChI is InChI=1S/C25H26N4O4S.CH4/c1-16-11-12-17(13-22(16)34(32,33)29-25(2,3)15-30)23-20-9-4-5-10-21(20)24(28-27-23)26-18-7-6-8-19(31)14-18;/h4-14,29-31H,15H2,1-3H3,(H,26,28);1H4. The fourth-order valence-electron chi connectivity index (χ4n) is 3.62. The van der Waals surface area contributed by atoms with E-state index < -0.39 is 15.6 Å². The van der Waals surface area contributed by atoms with Crippen molar-refractivity contribution in [3.63, 3.8) is 0 Å². The molecule has 0 saturated heterocycles. The number of phenols is 1. The van der Waals surface area contributed by atoms with Gasteiger partial charge in [-0.25, -0.2) is 13.1 Å². The Morgan fingerprint density at radius 1 is 0.943 bits per heavy atom. The van der Waals surface area contributed by atoms with E-state index >= 15 is 0 Å². The van der Waals surface area contributed by atoms with Gasteiger partial charge in [0.15, 0.2) is 5.82 Å². The van der Waals surface area contributed by atoms with Crippen LogP contribution in [0, 0.1) is 6.92 Å². The Balaban J connectivity index is 0.00000342. The van der Waals surface area contributed by atoms with E-state index in [1.807, 2.05) is 36.4 Å². The van der Waals surface area contributed by atoms with Crippen LogP contribution in [-0.2, 0) is 10.0 Å². The summed E-state index contributed by atoms with van der Waals surface area (Å²) in [6.45, 7) is 4.60. The molecule has 0 bridgehead atoms. The zero-order chi connectivity index (χ0) is 24.5. The second kappa shape index (κ2) is 9.99. The fraction of sp³-hybridized carbons (Fsp3) is 0.231. The van der Waals surface area contributed by atoms with E-state index in [1.165, 1.54) is 0 Å². The molecule has 9 heteroatoms. The maximum atomic E-state index is 13.1. The number of aliphatic hydroxyl groups excluding tert-OH is 1. The van der Waals surface area contributed by atoms with Crippen molar-refractivity contribution in [1.82, 2.24) is 14.9 Å². The lowest BCUT2D eigenvalue weighted by Gasteiger charge is -2.24. The van der Waals surface area contributed by atoms with Crippen LogP contribution in [0.25, 0.3) is 22.0 Å². The molecule has 0 aliphatic carbocycles. The average molecular weight is 495 g/mol. The average Bonchev–Trinajstić information content (AvgIpc) is 2.79. The van der Waals surface area contributed by atoms with Crippen molar-refractivity contribution < 1.29 is 18.6 Å². The van der Waals surface area contributed by atoms with Crippen LogP contribution in [0.2, 0.25) is 0 Å². The molecule has 0 aliphatic rings. The highest BCUT2D eigenvalue weighted by Gasteiger charge is 2.27. The fourth-order valence-corrected chi connectivity index (χ4v) is 5.29. The first-order valence-electron chi connectivity index (χ1n) is 10.7. The van der Waals surface area contributed by atoms with Crippen LogP contribution in [0.3, 0.4) is 0 Å². The summed E-state index contributed by atoms with van der Waals surface area (Å²) in [5.74, 6) is 0.640. The van der Waals surface area contributed by atoms with E-state index in [0.717, 1.165) is 10.8 Å². The lowest BCUT2D eigenvalue weighted by molar-refractivity contribution is 0.208. The van der Waals surface area contributed by atoms with Crippen LogP contribution in [-0.4, -0.2) is 41.0 Å². The van der Waals surface area contributed by atoms with Gasteiger partial charge in [0.05, 0.1) is 17.0 Å². The maximum Gasteiger partial charge on any atom is 0.241 e. The Labute approximate surface area is 205 Å². The summed E-state index contributed by atoms with van der Waals surface area (Å²) < 4.78 is 28.7. The number of benzene rings is 3. The minimum atomic E-state index is -3.89. The van der Waals surface area contributed by atoms with Crippen molar-refractivity contribution in [3.8, 4) is 17.0 Å².